The van der Waals surface area contributed by atoms with Crippen molar-refractivity contribution in [1.29, 1.82) is 5.26 Å². The number of fused-ring (bicyclic) bond motifs is 1. The molecule has 1 aromatic heterocycles. The van der Waals surface area contributed by atoms with Gasteiger partial charge in [0.2, 0.25) is 0 Å². The lowest BCUT2D eigenvalue weighted by atomic mass is 10.2. The third kappa shape index (κ3) is 1.33. The van der Waals surface area contributed by atoms with Crippen molar-refractivity contribution in [2.45, 2.75) is 19.4 Å². The third-order valence-electron chi connectivity index (χ3n) is 1.77. The van der Waals surface area contributed by atoms with Gasteiger partial charge in [-0.1, -0.05) is 0 Å². The summed E-state index contributed by atoms with van der Waals surface area (Å²) in [6.07, 6.45) is 1.33. The van der Waals surface area contributed by atoms with E-state index in [2.05, 4.69) is 11.1 Å². The smallest absolute Gasteiger partial charge is 0.107 e. The largest absolute Gasteiger partial charge is 0.375 e. The van der Waals surface area contributed by atoms with Crippen LogP contribution in [0.25, 0.3) is 0 Å². The third-order valence-corrected chi connectivity index (χ3v) is 2.84. The Morgan fingerprint density at radius 2 is 2.58 bits per heavy atom. The molecule has 2 heterocycles. The topological polar surface area (TPSA) is 45.9 Å². The van der Waals surface area contributed by atoms with E-state index in [1.807, 2.05) is 0 Å². The van der Waals surface area contributed by atoms with Gasteiger partial charge in [-0.25, -0.2) is 4.98 Å². The van der Waals surface area contributed by atoms with Crippen molar-refractivity contribution in [2.24, 2.45) is 0 Å². The van der Waals surface area contributed by atoms with Crippen LogP contribution in [0, 0.1) is 11.3 Å². The maximum atomic E-state index is 8.47. The predicted molar refractivity (Wildman–Crippen MR) is 44.8 cm³/mol. The summed E-state index contributed by atoms with van der Waals surface area (Å²) in [5.41, 5.74) is 1.14. The predicted octanol–water partition coefficient (Wildman–Crippen LogP) is 1.28. The minimum atomic E-state index is 0.428. The minimum Gasteiger partial charge on any atom is -0.375 e. The molecule has 0 aromatic carbocycles. The van der Waals surface area contributed by atoms with Crippen LogP contribution < -0.4 is 0 Å². The highest BCUT2D eigenvalue weighted by Gasteiger charge is 2.14. The molecule has 0 saturated carbocycles. The van der Waals surface area contributed by atoms with E-state index in [0.717, 1.165) is 23.7 Å². The second-order valence-corrected chi connectivity index (χ2v) is 3.78. The Balaban J connectivity index is 2.27. The number of thiazole rings is 1. The summed E-state index contributed by atoms with van der Waals surface area (Å²) < 4.78 is 5.27. The molecule has 0 amide bonds. The summed E-state index contributed by atoms with van der Waals surface area (Å²) in [5, 5.41) is 9.39. The lowest BCUT2D eigenvalue weighted by Gasteiger charge is -2.08. The van der Waals surface area contributed by atoms with Crippen LogP contribution in [0.2, 0.25) is 0 Å². The van der Waals surface area contributed by atoms with Gasteiger partial charge >= 0.3 is 0 Å². The fourth-order valence-corrected chi connectivity index (χ4v) is 2.21. The monoisotopic (exact) mass is 180 g/mol. The Hall–Kier alpha value is -0.920. The molecule has 0 saturated heterocycles. The van der Waals surface area contributed by atoms with Crippen LogP contribution in [-0.2, 0) is 24.2 Å². The van der Waals surface area contributed by atoms with Gasteiger partial charge in [0.25, 0.3) is 0 Å². The standard InChI is InChI=1S/C8H8N2OS/c9-3-1-8-10-6-2-4-11-5-7(6)12-8/h1-2,4-5H2. The average Bonchev–Trinajstić information content (AvgIpc) is 2.47. The lowest BCUT2D eigenvalue weighted by molar-refractivity contribution is 0.112. The lowest BCUT2D eigenvalue weighted by Crippen LogP contribution is -2.07. The van der Waals surface area contributed by atoms with E-state index in [-0.39, 0.29) is 0 Å². The van der Waals surface area contributed by atoms with Crippen LogP contribution in [0.3, 0.4) is 0 Å². The second kappa shape index (κ2) is 3.21. The van der Waals surface area contributed by atoms with Gasteiger partial charge < -0.3 is 4.74 Å². The number of ether oxygens (including phenoxy) is 1. The molecule has 12 heavy (non-hydrogen) atoms. The SMILES string of the molecule is N#CCc1nc2c(s1)COCC2. The molecule has 0 aliphatic carbocycles. The molecule has 1 aliphatic rings. The van der Waals surface area contributed by atoms with E-state index in [1.54, 1.807) is 11.3 Å². The summed E-state index contributed by atoms with van der Waals surface area (Å²) in [5.74, 6) is 0. The molecule has 1 aliphatic heterocycles. The molecule has 3 nitrogen and oxygen atoms in total. The Kier molecular flexibility index (Phi) is 2.07. The number of hydrogen-bond acceptors (Lipinski definition) is 4. The average molecular weight is 180 g/mol. The number of nitriles is 1. The van der Waals surface area contributed by atoms with E-state index in [0.29, 0.717) is 13.0 Å². The Bertz CT molecular complexity index is 303. The molecule has 0 radical (unpaired) electrons. The summed E-state index contributed by atoms with van der Waals surface area (Å²) in [4.78, 5) is 5.56. The van der Waals surface area contributed by atoms with E-state index in [4.69, 9.17) is 10.00 Å². The van der Waals surface area contributed by atoms with Gasteiger partial charge in [0.15, 0.2) is 0 Å². The van der Waals surface area contributed by atoms with Crippen molar-refractivity contribution in [3.05, 3.63) is 15.6 Å². The molecule has 4 heteroatoms. The van der Waals surface area contributed by atoms with Crippen LogP contribution in [0.1, 0.15) is 15.6 Å². The van der Waals surface area contributed by atoms with E-state index < -0.39 is 0 Å². The van der Waals surface area contributed by atoms with E-state index in [1.165, 1.54) is 4.88 Å². The van der Waals surface area contributed by atoms with Crippen LogP contribution >= 0.6 is 11.3 Å². The first-order valence-corrected chi connectivity index (χ1v) is 4.64. The zero-order valence-corrected chi connectivity index (χ0v) is 7.36. The molecule has 0 fully saturated rings. The summed E-state index contributed by atoms with van der Waals surface area (Å²) >= 11 is 1.60. The number of rotatable bonds is 1. The molecular formula is C8H8N2OS. The molecule has 0 spiro atoms. The number of nitrogens with zero attached hydrogens (tertiary/aromatic N) is 2. The van der Waals surface area contributed by atoms with Gasteiger partial charge in [0.1, 0.15) is 5.01 Å². The quantitative estimate of drug-likeness (QED) is 0.654. The summed E-state index contributed by atoms with van der Waals surface area (Å²) in [6.45, 7) is 1.45. The number of hydrogen-bond donors (Lipinski definition) is 0. The Morgan fingerprint density at radius 1 is 1.67 bits per heavy atom. The first-order valence-electron chi connectivity index (χ1n) is 3.82. The van der Waals surface area contributed by atoms with Gasteiger partial charge in [0.05, 0.1) is 36.3 Å². The summed E-state index contributed by atoms with van der Waals surface area (Å²) in [7, 11) is 0. The highest BCUT2D eigenvalue weighted by Crippen LogP contribution is 2.23. The highest BCUT2D eigenvalue weighted by atomic mass is 32.1. The van der Waals surface area contributed by atoms with Gasteiger partial charge in [-0.2, -0.15) is 5.26 Å². The fourth-order valence-electron chi connectivity index (χ4n) is 1.22. The molecule has 0 bridgehead atoms. The Labute approximate surface area is 74.6 Å². The molecule has 0 N–H and O–H groups in total. The number of aromatic nitrogens is 1. The maximum absolute atomic E-state index is 8.47. The van der Waals surface area contributed by atoms with Gasteiger partial charge in [-0.3, -0.25) is 0 Å². The Morgan fingerprint density at radius 3 is 3.33 bits per heavy atom. The van der Waals surface area contributed by atoms with Crippen LogP contribution in [-0.4, -0.2) is 11.6 Å². The zero-order chi connectivity index (χ0) is 8.39. The molecule has 0 atom stereocenters. The van der Waals surface area contributed by atoms with Crippen LogP contribution in [0.15, 0.2) is 0 Å². The molecule has 1 aromatic rings. The van der Waals surface area contributed by atoms with Gasteiger partial charge in [-0.15, -0.1) is 11.3 Å². The molecule has 62 valence electrons. The van der Waals surface area contributed by atoms with Gasteiger partial charge in [0, 0.05) is 6.42 Å². The first-order chi connectivity index (χ1) is 5.90. The van der Waals surface area contributed by atoms with Crippen molar-refractivity contribution in [1.82, 2.24) is 4.98 Å². The maximum Gasteiger partial charge on any atom is 0.107 e. The highest BCUT2D eigenvalue weighted by molar-refractivity contribution is 7.11. The van der Waals surface area contributed by atoms with Crippen molar-refractivity contribution < 1.29 is 4.74 Å². The second-order valence-electron chi connectivity index (χ2n) is 2.61. The first kappa shape index (κ1) is 7.71. The molecule has 2 rings (SSSR count). The summed E-state index contributed by atoms with van der Waals surface area (Å²) in [6, 6.07) is 2.10. The van der Waals surface area contributed by atoms with Crippen LogP contribution in [0.4, 0.5) is 0 Å². The van der Waals surface area contributed by atoms with Crippen molar-refractivity contribution in [2.75, 3.05) is 6.61 Å². The van der Waals surface area contributed by atoms with Crippen molar-refractivity contribution in [3.63, 3.8) is 0 Å². The normalized spacial score (nSPS) is 15.2. The molecule has 0 unspecified atom stereocenters. The van der Waals surface area contributed by atoms with E-state index in [9.17, 15) is 0 Å². The van der Waals surface area contributed by atoms with Gasteiger partial charge in [-0.05, 0) is 0 Å². The van der Waals surface area contributed by atoms with Crippen molar-refractivity contribution >= 4 is 11.3 Å². The minimum absolute atomic E-state index is 0.428. The van der Waals surface area contributed by atoms with Crippen LogP contribution in [0.5, 0.6) is 0 Å². The fraction of sp³-hybridized carbons (Fsp3) is 0.500. The van der Waals surface area contributed by atoms with E-state index >= 15 is 0 Å². The zero-order valence-electron chi connectivity index (χ0n) is 6.54. The van der Waals surface area contributed by atoms with Crippen molar-refractivity contribution in [3.8, 4) is 6.07 Å². The molecular weight excluding hydrogens is 172 g/mol.